The molecule has 0 radical (unpaired) electrons. The fourth-order valence-corrected chi connectivity index (χ4v) is 2.69. The fourth-order valence-electron chi connectivity index (χ4n) is 2.69. The van der Waals surface area contributed by atoms with Gasteiger partial charge in [-0.3, -0.25) is 4.79 Å². The summed E-state index contributed by atoms with van der Waals surface area (Å²) >= 11 is 0. The SMILES string of the molecule is Cc1cccc2c(=O)n(N)c(-c3ccc(C(C)(C)C)cc3)nc12. The third kappa shape index (κ3) is 2.61. The molecule has 4 heteroatoms. The molecule has 3 rings (SSSR count). The number of nitrogen functional groups attached to an aromatic ring is 1. The first-order valence-corrected chi connectivity index (χ1v) is 7.67. The maximum Gasteiger partial charge on any atom is 0.280 e. The highest BCUT2D eigenvalue weighted by molar-refractivity contribution is 5.82. The third-order valence-corrected chi connectivity index (χ3v) is 4.14. The van der Waals surface area contributed by atoms with Crippen LogP contribution in [-0.4, -0.2) is 9.66 Å². The number of hydrogen-bond donors (Lipinski definition) is 1. The van der Waals surface area contributed by atoms with Gasteiger partial charge in [-0.15, -0.1) is 0 Å². The lowest BCUT2D eigenvalue weighted by Gasteiger charge is -2.19. The zero-order chi connectivity index (χ0) is 16.8. The Bertz CT molecular complexity index is 932. The van der Waals surface area contributed by atoms with Crippen LogP contribution in [0, 0.1) is 6.92 Å². The van der Waals surface area contributed by atoms with Crippen LogP contribution in [-0.2, 0) is 5.41 Å². The van der Waals surface area contributed by atoms with E-state index < -0.39 is 0 Å². The summed E-state index contributed by atoms with van der Waals surface area (Å²) in [6.07, 6.45) is 0. The van der Waals surface area contributed by atoms with Gasteiger partial charge in [-0.05, 0) is 29.5 Å². The van der Waals surface area contributed by atoms with Crippen molar-refractivity contribution in [3.05, 3.63) is 63.9 Å². The van der Waals surface area contributed by atoms with Crippen molar-refractivity contribution >= 4 is 10.9 Å². The number of benzene rings is 2. The Morgan fingerprint density at radius 2 is 1.70 bits per heavy atom. The monoisotopic (exact) mass is 307 g/mol. The summed E-state index contributed by atoms with van der Waals surface area (Å²) in [4.78, 5) is 17.1. The summed E-state index contributed by atoms with van der Waals surface area (Å²) in [5.74, 6) is 6.48. The molecule has 0 spiro atoms. The van der Waals surface area contributed by atoms with E-state index in [9.17, 15) is 4.79 Å². The number of para-hydroxylation sites is 1. The maximum atomic E-state index is 12.5. The molecule has 118 valence electrons. The molecule has 0 aliphatic rings. The van der Waals surface area contributed by atoms with Gasteiger partial charge in [-0.25, -0.2) is 9.66 Å². The Kier molecular flexibility index (Phi) is 3.48. The number of fused-ring (bicyclic) bond motifs is 1. The molecule has 1 heterocycles. The van der Waals surface area contributed by atoms with Crippen molar-refractivity contribution in [1.82, 2.24) is 9.66 Å². The van der Waals surface area contributed by atoms with E-state index in [0.717, 1.165) is 15.8 Å². The standard InChI is InChI=1S/C19H21N3O/c1-12-6-5-7-15-16(12)21-17(22(20)18(15)23)13-8-10-14(11-9-13)19(2,3)4/h5-11H,20H2,1-4H3. The van der Waals surface area contributed by atoms with Crippen LogP contribution in [0.3, 0.4) is 0 Å². The second-order valence-corrected chi connectivity index (χ2v) is 6.91. The van der Waals surface area contributed by atoms with Gasteiger partial charge in [0, 0.05) is 5.56 Å². The second-order valence-electron chi connectivity index (χ2n) is 6.91. The van der Waals surface area contributed by atoms with Gasteiger partial charge < -0.3 is 5.84 Å². The Balaban J connectivity index is 2.22. The molecule has 0 aliphatic heterocycles. The van der Waals surface area contributed by atoms with E-state index in [1.54, 1.807) is 6.07 Å². The minimum atomic E-state index is -0.228. The lowest BCUT2D eigenvalue weighted by Crippen LogP contribution is -2.30. The number of hydrogen-bond acceptors (Lipinski definition) is 3. The molecule has 2 N–H and O–H groups in total. The average molecular weight is 307 g/mol. The van der Waals surface area contributed by atoms with Crippen LogP contribution in [0.15, 0.2) is 47.3 Å². The van der Waals surface area contributed by atoms with Crippen LogP contribution >= 0.6 is 0 Å². The van der Waals surface area contributed by atoms with Crippen LogP contribution in [0.25, 0.3) is 22.3 Å². The van der Waals surface area contributed by atoms with Crippen LogP contribution < -0.4 is 11.4 Å². The van der Waals surface area contributed by atoms with Crippen molar-refractivity contribution in [1.29, 1.82) is 0 Å². The van der Waals surface area contributed by atoms with Crippen LogP contribution in [0.5, 0.6) is 0 Å². The van der Waals surface area contributed by atoms with Gasteiger partial charge in [0.05, 0.1) is 10.9 Å². The molecule has 0 saturated heterocycles. The summed E-state index contributed by atoms with van der Waals surface area (Å²) in [7, 11) is 0. The average Bonchev–Trinajstić information content (AvgIpc) is 2.51. The van der Waals surface area contributed by atoms with Crippen LogP contribution in [0.2, 0.25) is 0 Å². The molecular formula is C19H21N3O. The number of nitrogens with two attached hydrogens (primary N) is 1. The quantitative estimate of drug-likeness (QED) is 0.701. The molecule has 0 bridgehead atoms. The Hall–Kier alpha value is -2.62. The van der Waals surface area contributed by atoms with E-state index in [2.05, 4.69) is 37.9 Å². The largest absolute Gasteiger partial charge is 0.334 e. The molecule has 23 heavy (non-hydrogen) atoms. The van der Waals surface area contributed by atoms with E-state index in [1.807, 2.05) is 31.2 Å². The highest BCUT2D eigenvalue weighted by Crippen LogP contribution is 2.25. The van der Waals surface area contributed by atoms with Crippen molar-refractivity contribution in [2.75, 3.05) is 5.84 Å². The first-order valence-electron chi connectivity index (χ1n) is 7.67. The summed E-state index contributed by atoms with van der Waals surface area (Å²) in [5.41, 5.74) is 3.58. The molecule has 4 nitrogen and oxygen atoms in total. The van der Waals surface area contributed by atoms with Crippen LogP contribution in [0.1, 0.15) is 31.9 Å². The summed E-state index contributed by atoms with van der Waals surface area (Å²) < 4.78 is 1.13. The molecule has 0 amide bonds. The molecule has 0 fully saturated rings. The minimum absolute atomic E-state index is 0.0777. The summed E-state index contributed by atoms with van der Waals surface area (Å²) in [6.45, 7) is 8.44. The van der Waals surface area contributed by atoms with E-state index in [4.69, 9.17) is 5.84 Å². The van der Waals surface area contributed by atoms with Gasteiger partial charge in [0.1, 0.15) is 0 Å². The fraction of sp³-hybridized carbons (Fsp3) is 0.263. The smallest absolute Gasteiger partial charge is 0.280 e. The number of nitrogens with zero attached hydrogens (tertiary/aromatic N) is 2. The first kappa shape index (κ1) is 15.3. The lowest BCUT2D eigenvalue weighted by atomic mass is 9.86. The highest BCUT2D eigenvalue weighted by Gasteiger charge is 2.15. The number of aromatic nitrogens is 2. The normalized spacial score (nSPS) is 11.8. The molecule has 0 saturated carbocycles. The topological polar surface area (TPSA) is 60.9 Å². The molecule has 2 aromatic carbocycles. The molecular weight excluding hydrogens is 286 g/mol. The van der Waals surface area contributed by atoms with Gasteiger partial charge in [0.15, 0.2) is 5.82 Å². The number of rotatable bonds is 1. The van der Waals surface area contributed by atoms with Crippen molar-refractivity contribution in [3.63, 3.8) is 0 Å². The highest BCUT2D eigenvalue weighted by atomic mass is 16.1. The Morgan fingerprint density at radius 3 is 2.30 bits per heavy atom. The van der Waals surface area contributed by atoms with Crippen molar-refractivity contribution < 1.29 is 0 Å². The first-order chi connectivity index (χ1) is 10.8. The van der Waals surface area contributed by atoms with Gasteiger partial charge in [-0.2, -0.15) is 0 Å². The molecule has 0 unspecified atom stereocenters. The molecule has 1 aromatic heterocycles. The van der Waals surface area contributed by atoms with Gasteiger partial charge in [0.25, 0.3) is 5.56 Å². The van der Waals surface area contributed by atoms with E-state index in [1.165, 1.54) is 5.56 Å². The van der Waals surface area contributed by atoms with Gasteiger partial charge in [0.2, 0.25) is 0 Å². The summed E-state index contributed by atoms with van der Waals surface area (Å²) in [5, 5.41) is 0.544. The Labute approximate surface area is 135 Å². The molecule has 0 aliphatic carbocycles. The second kappa shape index (κ2) is 5.23. The zero-order valence-corrected chi connectivity index (χ0v) is 13.9. The van der Waals surface area contributed by atoms with Gasteiger partial charge >= 0.3 is 0 Å². The maximum absolute atomic E-state index is 12.5. The van der Waals surface area contributed by atoms with E-state index in [-0.39, 0.29) is 11.0 Å². The van der Waals surface area contributed by atoms with Crippen LogP contribution in [0.4, 0.5) is 0 Å². The predicted octanol–water partition coefficient (Wildman–Crippen LogP) is 3.38. The Morgan fingerprint density at radius 1 is 1.04 bits per heavy atom. The summed E-state index contributed by atoms with van der Waals surface area (Å²) in [6, 6.07) is 13.6. The lowest BCUT2D eigenvalue weighted by molar-refractivity contribution is 0.590. The predicted molar refractivity (Wildman–Crippen MR) is 95.0 cm³/mol. The van der Waals surface area contributed by atoms with E-state index >= 15 is 0 Å². The number of aryl methyl sites for hydroxylation is 1. The molecule has 3 aromatic rings. The van der Waals surface area contributed by atoms with Gasteiger partial charge in [-0.1, -0.05) is 57.2 Å². The van der Waals surface area contributed by atoms with E-state index in [0.29, 0.717) is 16.7 Å². The van der Waals surface area contributed by atoms with Crippen molar-refractivity contribution in [3.8, 4) is 11.4 Å². The molecule has 0 atom stereocenters. The van der Waals surface area contributed by atoms with Crippen molar-refractivity contribution in [2.24, 2.45) is 0 Å². The zero-order valence-electron chi connectivity index (χ0n) is 13.9. The van der Waals surface area contributed by atoms with Crippen molar-refractivity contribution in [2.45, 2.75) is 33.1 Å². The third-order valence-electron chi connectivity index (χ3n) is 4.14. The minimum Gasteiger partial charge on any atom is -0.334 e.